The minimum absolute atomic E-state index is 0.152. The van der Waals surface area contributed by atoms with E-state index >= 15 is 0 Å². The van der Waals surface area contributed by atoms with Gasteiger partial charge in [-0.05, 0) is 42.8 Å². The standard InChI is InChI=1S/C28H30ClN5O2S/c1-21-7-9-22(10-8-21)18-26-30-28(37-31-26)34(20-25-6-3-17-36-25)12-11-27(35)33-15-13-32(14-16-33)24-5-2-4-23(29)19-24/h2-10,17,19H,11-16,18,20H2,1H3. The second kappa shape index (κ2) is 11.8. The topological polar surface area (TPSA) is 65.7 Å². The van der Waals surface area contributed by atoms with Gasteiger partial charge in [0.25, 0.3) is 0 Å². The van der Waals surface area contributed by atoms with E-state index in [0.717, 1.165) is 40.5 Å². The van der Waals surface area contributed by atoms with Crippen molar-refractivity contribution in [3.63, 3.8) is 0 Å². The lowest BCUT2D eigenvalue weighted by Gasteiger charge is -2.36. The van der Waals surface area contributed by atoms with Crippen LogP contribution in [0.2, 0.25) is 5.02 Å². The van der Waals surface area contributed by atoms with Crippen LogP contribution in [0.4, 0.5) is 10.8 Å². The number of aromatic nitrogens is 2. The summed E-state index contributed by atoms with van der Waals surface area (Å²) in [5.41, 5.74) is 3.51. The molecule has 2 aromatic heterocycles. The first-order valence-electron chi connectivity index (χ1n) is 12.5. The molecule has 7 nitrogen and oxygen atoms in total. The molecule has 0 atom stereocenters. The zero-order valence-corrected chi connectivity index (χ0v) is 22.4. The molecule has 9 heteroatoms. The summed E-state index contributed by atoms with van der Waals surface area (Å²) in [6, 6.07) is 20.1. The second-order valence-corrected chi connectivity index (χ2v) is 10.4. The van der Waals surface area contributed by atoms with Crippen molar-refractivity contribution in [3.8, 4) is 0 Å². The number of carbonyl (C=O) groups excluding carboxylic acids is 1. The molecule has 0 radical (unpaired) electrons. The first-order valence-corrected chi connectivity index (χ1v) is 13.6. The number of hydrogen-bond acceptors (Lipinski definition) is 7. The highest BCUT2D eigenvalue weighted by Gasteiger charge is 2.23. The molecular formula is C28H30ClN5O2S. The van der Waals surface area contributed by atoms with Crippen LogP contribution in [-0.4, -0.2) is 52.9 Å². The van der Waals surface area contributed by atoms with Gasteiger partial charge in [-0.3, -0.25) is 4.79 Å². The predicted octanol–water partition coefficient (Wildman–Crippen LogP) is 5.43. The van der Waals surface area contributed by atoms with E-state index in [1.54, 1.807) is 6.26 Å². The number of aryl methyl sites for hydroxylation is 1. The molecule has 0 unspecified atom stereocenters. The quantitative estimate of drug-likeness (QED) is 0.285. The lowest BCUT2D eigenvalue weighted by Crippen LogP contribution is -2.49. The van der Waals surface area contributed by atoms with Crippen molar-refractivity contribution >= 4 is 39.9 Å². The predicted molar refractivity (Wildman–Crippen MR) is 149 cm³/mol. The van der Waals surface area contributed by atoms with Gasteiger partial charge in [0.2, 0.25) is 11.0 Å². The van der Waals surface area contributed by atoms with Crippen LogP contribution in [-0.2, 0) is 17.8 Å². The highest BCUT2D eigenvalue weighted by Crippen LogP contribution is 2.23. The van der Waals surface area contributed by atoms with E-state index in [2.05, 4.69) is 51.4 Å². The van der Waals surface area contributed by atoms with Crippen LogP contribution in [0.25, 0.3) is 0 Å². The Morgan fingerprint density at radius 3 is 2.62 bits per heavy atom. The van der Waals surface area contributed by atoms with Crippen molar-refractivity contribution < 1.29 is 9.21 Å². The third-order valence-corrected chi connectivity index (χ3v) is 7.59. The van der Waals surface area contributed by atoms with Gasteiger partial charge in [0.15, 0.2) is 0 Å². The van der Waals surface area contributed by atoms with Crippen LogP contribution in [0, 0.1) is 6.92 Å². The fraction of sp³-hybridized carbons (Fsp3) is 0.321. The molecule has 3 heterocycles. The number of piperazine rings is 1. The molecule has 0 N–H and O–H groups in total. The average molecular weight is 536 g/mol. The Bertz CT molecular complexity index is 1300. The molecule has 37 heavy (non-hydrogen) atoms. The first-order chi connectivity index (χ1) is 18.0. The lowest BCUT2D eigenvalue weighted by molar-refractivity contribution is -0.131. The largest absolute Gasteiger partial charge is 0.467 e. The van der Waals surface area contributed by atoms with Gasteiger partial charge in [-0.2, -0.15) is 4.37 Å². The van der Waals surface area contributed by atoms with Crippen LogP contribution >= 0.6 is 23.1 Å². The summed E-state index contributed by atoms with van der Waals surface area (Å²) in [7, 11) is 0. The van der Waals surface area contributed by atoms with E-state index in [9.17, 15) is 4.79 Å². The Labute approximate surface area is 226 Å². The van der Waals surface area contributed by atoms with Gasteiger partial charge in [-0.25, -0.2) is 4.98 Å². The van der Waals surface area contributed by atoms with E-state index in [4.69, 9.17) is 21.0 Å². The monoisotopic (exact) mass is 535 g/mol. The van der Waals surface area contributed by atoms with Gasteiger partial charge in [0.1, 0.15) is 11.6 Å². The fourth-order valence-electron chi connectivity index (χ4n) is 4.44. The van der Waals surface area contributed by atoms with E-state index in [-0.39, 0.29) is 5.91 Å². The zero-order chi connectivity index (χ0) is 25.6. The minimum Gasteiger partial charge on any atom is -0.467 e. The fourth-order valence-corrected chi connectivity index (χ4v) is 5.34. The lowest BCUT2D eigenvalue weighted by atomic mass is 10.1. The van der Waals surface area contributed by atoms with E-state index in [1.807, 2.05) is 35.2 Å². The van der Waals surface area contributed by atoms with E-state index in [1.165, 1.54) is 22.7 Å². The molecular weight excluding hydrogens is 506 g/mol. The van der Waals surface area contributed by atoms with Crippen LogP contribution in [0.3, 0.4) is 0 Å². The van der Waals surface area contributed by atoms with Crippen molar-refractivity contribution in [2.24, 2.45) is 0 Å². The summed E-state index contributed by atoms with van der Waals surface area (Å²) >= 11 is 7.52. The molecule has 5 rings (SSSR count). The van der Waals surface area contributed by atoms with Gasteiger partial charge >= 0.3 is 0 Å². The van der Waals surface area contributed by atoms with E-state index < -0.39 is 0 Å². The van der Waals surface area contributed by atoms with Crippen LogP contribution in [0.5, 0.6) is 0 Å². The summed E-state index contributed by atoms with van der Waals surface area (Å²) in [6.07, 6.45) is 2.76. The Kier molecular flexibility index (Phi) is 8.06. The molecule has 1 aliphatic rings. The van der Waals surface area contributed by atoms with Crippen LogP contribution in [0.15, 0.2) is 71.3 Å². The number of furan rings is 1. The molecule has 0 bridgehead atoms. The number of carbonyl (C=O) groups is 1. The number of anilines is 2. The third-order valence-electron chi connectivity index (χ3n) is 6.54. The highest BCUT2D eigenvalue weighted by atomic mass is 35.5. The Hall–Kier alpha value is -3.36. The minimum atomic E-state index is 0.152. The maximum absolute atomic E-state index is 13.1. The SMILES string of the molecule is Cc1ccc(Cc2nsc(N(CCC(=O)N3CCN(c4cccc(Cl)c4)CC3)Cc3ccco3)n2)cc1. The number of halogens is 1. The summed E-state index contributed by atoms with van der Waals surface area (Å²) in [5.74, 6) is 1.77. The average Bonchev–Trinajstić information content (AvgIpc) is 3.60. The molecule has 192 valence electrons. The maximum atomic E-state index is 13.1. The first kappa shape index (κ1) is 25.3. The van der Waals surface area contributed by atoms with Crippen molar-refractivity contribution in [1.82, 2.24) is 14.3 Å². The molecule has 2 aromatic carbocycles. The molecule has 0 spiro atoms. The normalized spacial score (nSPS) is 13.7. The molecule has 4 aromatic rings. The van der Waals surface area contributed by atoms with Gasteiger partial charge in [-0.15, -0.1) is 0 Å². The van der Waals surface area contributed by atoms with Crippen LogP contribution in [0.1, 0.15) is 29.1 Å². The second-order valence-electron chi connectivity index (χ2n) is 9.25. The maximum Gasteiger partial charge on any atom is 0.224 e. The van der Waals surface area contributed by atoms with Crippen molar-refractivity contribution in [3.05, 3.63) is 94.7 Å². The summed E-state index contributed by atoms with van der Waals surface area (Å²) < 4.78 is 10.2. The van der Waals surface area contributed by atoms with Crippen molar-refractivity contribution in [2.75, 3.05) is 42.5 Å². The summed E-state index contributed by atoms with van der Waals surface area (Å²) in [5, 5.41) is 1.53. The number of rotatable bonds is 9. The Morgan fingerprint density at radius 1 is 1.08 bits per heavy atom. The zero-order valence-electron chi connectivity index (χ0n) is 20.8. The molecule has 1 saturated heterocycles. The summed E-state index contributed by atoms with van der Waals surface area (Å²) in [6.45, 7) is 6.15. The molecule has 1 fully saturated rings. The Balaban J connectivity index is 1.19. The van der Waals surface area contributed by atoms with Gasteiger partial charge in [0, 0.05) is 67.8 Å². The Morgan fingerprint density at radius 2 is 1.89 bits per heavy atom. The highest BCUT2D eigenvalue weighted by molar-refractivity contribution is 7.09. The smallest absolute Gasteiger partial charge is 0.224 e. The molecule has 1 aliphatic heterocycles. The van der Waals surface area contributed by atoms with Gasteiger partial charge < -0.3 is 19.1 Å². The van der Waals surface area contributed by atoms with Crippen molar-refractivity contribution in [2.45, 2.75) is 26.3 Å². The number of hydrogen-bond donors (Lipinski definition) is 0. The van der Waals surface area contributed by atoms with Crippen LogP contribution < -0.4 is 9.80 Å². The van der Waals surface area contributed by atoms with Gasteiger partial charge in [0.05, 0.1) is 12.8 Å². The number of nitrogens with zero attached hydrogens (tertiary/aromatic N) is 5. The number of benzene rings is 2. The molecule has 0 saturated carbocycles. The third kappa shape index (κ3) is 6.70. The molecule has 1 amide bonds. The van der Waals surface area contributed by atoms with Crippen molar-refractivity contribution in [1.29, 1.82) is 0 Å². The molecule has 0 aliphatic carbocycles. The van der Waals surface area contributed by atoms with Gasteiger partial charge in [-0.1, -0.05) is 47.5 Å². The summed E-state index contributed by atoms with van der Waals surface area (Å²) in [4.78, 5) is 24.2. The number of amides is 1. The van der Waals surface area contributed by atoms with E-state index in [0.29, 0.717) is 39.0 Å².